The van der Waals surface area contributed by atoms with Gasteiger partial charge >= 0.3 is 0 Å². The molecule has 13 heteroatoms. The van der Waals surface area contributed by atoms with Gasteiger partial charge in [-0.2, -0.15) is 8.78 Å². The molecule has 0 unspecified atom stereocenters. The van der Waals surface area contributed by atoms with E-state index in [1.165, 1.54) is 35.5 Å². The topological polar surface area (TPSA) is 81.2 Å². The second-order valence-corrected chi connectivity index (χ2v) is 13.8. The third-order valence-corrected chi connectivity index (χ3v) is 10.9. The van der Waals surface area contributed by atoms with Crippen LogP contribution < -0.4 is 5.32 Å². The molecule has 0 saturated carbocycles. The molecule has 228 valence electrons. The number of nitrogens with zero attached hydrogens (tertiary/aromatic N) is 2. The van der Waals surface area contributed by atoms with Crippen LogP contribution in [0.25, 0.3) is 22.3 Å². The summed E-state index contributed by atoms with van der Waals surface area (Å²) in [6.07, 6.45) is 6.92. The molecule has 0 atom stereocenters. The Labute approximate surface area is 275 Å². The summed E-state index contributed by atoms with van der Waals surface area (Å²) in [5.74, 6) is 0.672. The number of aromatic nitrogens is 2. The van der Waals surface area contributed by atoms with Crippen LogP contribution in [0.2, 0.25) is 0 Å². The molecule has 0 fully saturated rings. The average Bonchev–Trinajstić information content (AvgIpc) is 3.79. The lowest BCUT2D eigenvalue weighted by Gasteiger charge is -2.03. The molecule has 6 aromatic heterocycles. The molecule has 6 heterocycles. The zero-order chi connectivity index (χ0) is 30.3. The molecule has 0 aliphatic carbocycles. The number of hydrogen-bond donors (Lipinski definition) is 1. The Kier molecular flexibility index (Phi) is 12.0. The molecular weight excluding hydrogens is 664 g/mol. The van der Waals surface area contributed by atoms with Gasteiger partial charge < -0.3 is 14.2 Å². The first-order valence-corrected chi connectivity index (χ1v) is 16.2. The number of aryl methyl sites for hydroxylation is 2. The Balaban J connectivity index is 0.000000197. The number of aldehydes is 1. The van der Waals surface area contributed by atoms with Gasteiger partial charge in [0, 0.05) is 46.1 Å². The molecule has 0 aliphatic rings. The zero-order valence-corrected chi connectivity index (χ0v) is 27.7. The zero-order valence-electron chi connectivity index (χ0n) is 23.6. The number of pyridine rings is 2. The van der Waals surface area contributed by atoms with E-state index >= 15 is 0 Å². The van der Waals surface area contributed by atoms with Crippen LogP contribution in [0.1, 0.15) is 26.1 Å². The van der Waals surface area contributed by atoms with Crippen molar-refractivity contribution in [3.05, 3.63) is 107 Å². The van der Waals surface area contributed by atoms with Crippen molar-refractivity contribution in [2.24, 2.45) is 0 Å². The minimum absolute atomic E-state index is 0. The Morgan fingerprint density at radius 2 is 1.34 bits per heavy atom. The summed E-state index contributed by atoms with van der Waals surface area (Å²) in [6.45, 7) is 4.54. The van der Waals surface area contributed by atoms with Gasteiger partial charge in [0.2, 0.25) is 11.9 Å². The fourth-order valence-electron chi connectivity index (χ4n) is 3.99. The molecule has 0 aromatic carbocycles. The monoisotopic (exact) mass is 689 g/mol. The number of nitrogens with one attached hydrogen (secondary N) is 1. The molecule has 0 saturated heterocycles. The van der Waals surface area contributed by atoms with Gasteiger partial charge in [-0.15, -0.1) is 35.1 Å². The van der Waals surface area contributed by atoms with Gasteiger partial charge in [-0.3, -0.25) is 4.79 Å². The van der Waals surface area contributed by atoms with Gasteiger partial charge in [0.25, 0.3) is 0 Å². The standard InChI is InChI=1S/C16H15FN2OS2.C15H10FNO2S2.ClH/c1-10-14(5-7-20-10)22-16-13(8-11(21-16)9-18-2)12-4-3-6-19-15(12)17;1-9-13(4-6-19-9)21-15-12(7-10(8-18)20-15)11-3-2-5-17-14(11)16;/h3-8,18H,9H2,1-2H3;2-8H,1H3;1H. The summed E-state index contributed by atoms with van der Waals surface area (Å²) in [6, 6.07) is 14.4. The lowest BCUT2D eigenvalue weighted by Crippen LogP contribution is -2.02. The van der Waals surface area contributed by atoms with E-state index in [9.17, 15) is 13.6 Å². The van der Waals surface area contributed by atoms with Crippen LogP contribution >= 0.6 is 58.6 Å². The average molecular weight is 690 g/mol. The Morgan fingerprint density at radius 3 is 1.80 bits per heavy atom. The summed E-state index contributed by atoms with van der Waals surface area (Å²) in [4.78, 5) is 22.2. The van der Waals surface area contributed by atoms with Gasteiger partial charge in [-0.25, -0.2) is 9.97 Å². The van der Waals surface area contributed by atoms with Crippen LogP contribution in [0.5, 0.6) is 0 Å². The highest BCUT2D eigenvalue weighted by molar-refractivity contribution is 8.01. The van der Waals surface area contributed by atoms with E-state index in [-0.39, 0.29) is 12.4 Å². The number of thiophene rings is 2. The normalized spacial score (nSPS) is 10.7. The minimum atomic E-state index is -0.543. The minimum Gasteiger partial charge on any atom is -0.468 e. The summed E-state index contributed by atoms with van der Waals surface area (Å²) >= 11 is 6.05. The maximum atomic E-state index is 14.1. The Bertz CT molecular complexity index is 1850. The first kappa shape index (κ1) is 33.6. The van der Waals surface area contributed by atoms with E-state index in [4.69, 9.17) is 8.83 Å². The maximum Gasteiger partial charge on any atom is 0.220 e. The number of carbonyl (C=O) groups is 1. The molecule has 0 aliphatic heterocycles. The SMILES string of the molecule is CNCc1cc(-c2cccnc2F)c(Sc2ccoc2C)s1.Cc1occc1Sc1sc(C=O)cc1-c1cccnc1F.Cl. The van der Waals surface area contributed by atoms with Crippen LogP contribution in [0.3, 0.4) is 0 Å². The van der Waals surface area contributed by atoms with E-state index in [1.54, 1.807) is 66.0 Å². The summed E-state index contributed by atoms with van der Waals surface area (Å²) < 4.78 is 40.5. The first-order valence-electron chi connectivity index (χ1n) is 12.9. The van der Waals surface area contributed by atoms with Crippen molar-refractivity contribution >= 4 is 64.9 Å². The largest absolute Gasteiger partial charge is 0.468 e. The molecule has 44 heavy (non-hydrogen) atoms. The van der Waals surface area contributed by atoms with Gasteiger partial charge in [0.1, 0.15) is 11.5 Å². The second-order valence-electron chi connectivity index (χ2n) is 8.98. The van der Waals surface area contributed by atoms with Crippen LogP contribution in [0, 0.1) is 25.7 Å². The number of carbonyl (C=O) groups excluding carboxylic acids is 1. The fraction of sp³-hybridized carbons (Fsp3) is 0.129. The smallest absolute Gasteiger partial charge is 0.220 e. The van der Waals surface area contributed by atoms with Crippen molar-refractivity contribution < 1.29 is 22.4 Å². The van der Waals surface area contributed by atoms with Crippen molar-refractivity contribution in [3.8, 4) is 22.3 Å². The lowest BCUT2D eigenvalue weighted by atomic mass is 10.1. The molecular formula is C31H26ClF2N3O3S4. The molecule has 0 bridgehead atoms. The van der Waals surface area contributed by atoms with Gasteiger partial charge in [-0.05, 0) is 69.4 Å². The van der Waals surface area contributed by atoms with Crippen LogP contribution in [0.4, 0.5) is 8.78 Å². The van der Waals surface area contributed by atoms with Gasteiger partial charge in [0.05, 0.1) is 35.6 Å². The fourth-order valence-corrected chi connectivity index (χ4v) is 8.69. The Hall–Kier alpha value is -3.26. The van der Waals surface area contributed by atoms with Gasteiger partial charge in [0.15, 0.2) is 6.29 Å². The number of hydrogen-bond acceptors (Lipinski definition) is 10. The van der Waals surface area contributed by atoms with E-state index in [0.717, 1.165) is 53.0 Å². The lowest BCUT2D eigenvalue weighted by molar-refractivity contribution is 0.112. The van der Waals surface area contributed by atoms with E-state index in [1.807, 2.05) is 39.1 Å². The number of rotatable bonds is 9. The van der Waals surface area contributed by atoms with E-state index in [0.29, 0.717) is 21.6 Å². The second kappa shape index (κ2) is 15.6. The van der Waals surface area contributed by atoms with Crippen LogP contribution in [-0.4, -0.2) is 23.3 Å². The molecule has 6 rings (SSSR count). The van der Waals surface area contributed by atoms with Crippen molar-refractivity contribution in [1.82, 2.24) is 15.3 Å². The third-order valence-electron chi connectivity index (χ3n) is 6.06. The highest BCUT2D eigenvalue weighted by atomic mass is 35.5. The number of furan rings is 2. The van der Waals surface area contributed by atoms with Crippen molar-refractivity contribution in [2.45, 2.75) is 38.6 Å². The first-order chi connectivity index (χ1) is 20.9. The van der Waals surface area contributed by atoms with E-state index < -0.39 is 11.9 Å². The highest BCUT2D eigenvalue weighted by Gasteiger charge is 2.18. The Morgan fingerprint density at radius 1 is 0.818 bits per heavy atom. The predicted octanol–water partition coefficient (Wildman–Crippen LogP) is 9.96. The quantitative estimate of drug-likeness (QED) is 0.119. The molecule has 6 aromatic rings. The number of halogens is 3. The predicted molar refractivity (Wildman–Crippen MR) is 176 cm³/mol. The van der Waals surface area contributed by atoms with Crippen molar-refractivity contribution in [2.75, 3.05) is 7.05 Å². The van der Waals surface area contributed by atoms with Gasteiger partial charge in [-0.1, -0.05) is 23.5 Å². The summed E-state index contributed by atoms with van der Waals surface area (Å²) in [7, 11) is 1.90. The molecule has 0 spiro atoms. The molecule has 6 nitrogen and oxygen atoms in total. The molecule has 0 radical (unpaired) electrons. The summed E-state index contributed by atoms with van der Waals surface area (Å²) in [5.41, 5.74) is 2.49. The van der Waals surface area contributed by atoms with Crippen molar-refractivity contribution in [3.63, 3.8) is 0 Å². The van der Waals surface area contributed by atoms with E-state index in [2.05, 4.69) is 15.3 Å². The maximum absolute atomic E-state index is 14.1. The van der Waals surface area contributed by atoms with Crippen molar-refractivity contribution in [1.29, 1.82) is 0 Å². The molecule has 0 amide bonds. The van der Waals surface area contributed by atoms with Crippen LogP contribution in [0.15, 0.2) is 100 Å². The highest BCUT2D eigenvalue weighted by Crippen LogP contribution is 2.44. The summed E-state index contributed by atoms with van der Waals surface area (Å²) in [5, 5.41) is 3.13. The van der Waals surface area contributed by atoms with Crippen LogP contribution in [-0.2, 0) is 6.54 Å². The molecule has 1 N–H and O–H groups in total. The third kappa shape index (κ3) is 7.87.